The molecule has 0 bridgehead atoms. The highest BCUT2D eigenvalue weighted by molar-refractivity contribution is 5.88. The van der Waals surface area contributed by atoms with Crippen molar-refractivity contribution in [1.29, 1.82) is 0 Å². The van der Waals surface area contributed by atoms with E-state index < -0.39 is 16.8 Å². The summed E-state index contributed by atoms with van der Waals surface area (Å²) in [7, 11) is 1.54. The SMILES string of the molecule is C=CC(C)(C)Oc1c(OC)cc2ccc(=O)oc2c1OC(C)(C)C=C. The standard InChI is InChI=1S/C20H24O5/c1-8-19(3,4)24-17-14(22-7)12-13-10-11-15(21)23-16(13)18(17)25-20(5,6)9-2/h8-12H,1-2H2,3-7H3. The van der Waals surface area contributed by atoms with Crippen LogP contribution >= 0.6 is 0 Å². The molecule has 0 atom stereocenters. The van der Waals surface area contributed by atoms with Crippen LogP contribution in [0.2, 0.25) is 0 Å². The number of hydrogen-bond donors (Lipinski definition) is 0. The van der Waals surface area contributed by atoms with Gasteiger partial charge in [-0.3, -0.25) is 0 Å². The lowest BCUT2D eigenvalue weighted by Crippen LogP contribution is -2.28. The predicted octanol–water partition coefficient (Wildman–Crippen LogP) is 4.49. The van der Waals surface area contributed by atoms with Crippen molar-refractivity contribution >= 4 is 11.0 Å². The number of methoxy groups -OCH3 is 1. The molecule has 1 aromatic carbocycles. The van der Waals surface area contributed by atoms with Crippen LogP contribution in [-0.4, -0.2) is 18.3 Å². The molecule has 0 fully saturated rings. The van der Waals surface area contributed by atoms with Gasteiger partial charge >= 0.3 is 5.63 Å². The van der Waals surface area contributed by atoms with Crippen LogP contribution < -0.4 is 19.8 Å². The monoisotopic (exact) mass is 344 g/mol. The van der Waals surface area contributed by atoms with Gasteiger partial charge in [-0.1, -0.05) is 13.2 Å². The fourth-order valence-corrected chi connectivity index (χ4v) is 2.09. The lowest BCUT2D eigenvalue weighted by molar-refractivity contribution is 0.121. The highest BCUT2D eigenvalue weighted by Crippen LogP contribution is 2.46. The summed E-state index contributed by atoms with van der Waals surface area (Å²) < 4.78 is 23.0. The Bertz CT molecular complexity index is 858. The normalized spacial score (nSPS) is 11.9. The van der Waals surface area contributed by atoms with Crippen LogP contribution in [0, 0.1) is 0 Å². The van der Waals surface area contributed by atoms with E-state index in [-0.39, 0.29) is 11.3 Å². The maximum Gasteiger partial charge on any atom is 0.336 e. The zero-order valence-electron chi connectivity index (χ0n) is 15.3. The molecule has 0 saturated carbocycles. The number of rotatable bonds is 7. The van der Waals surface area contributed by atoms with Crippen LogP contribution in [0.3, 0.4) is 0 Å². The van der Waals surface area contributed by atoms with E-state index in [0.29, 0.717) is 16.9 Å². The molecule has 0 saturated heterocycles. The van der Waals surface area contributed by atoms with E-state index in [1.165, 1.54) is 13.2 Å². The molecular weight excluding hydrogens is 320 g/mol. The largest absolute Gasteiger partial charge is 0.493 e. The topological polar surface area (TPSA) is 57.9 Å². The number of benzene rings is 1. The maximum absolute atomic E-state index is 11.7. The molecule has 0 aliphatic carbocycles. The molecule has 0 aliphatic heterocycles. The van der Waals surface area contributed by atoms with Gasteiger partial charge in [0.15, 0.2) is 11.3 Å². The molecule has 0 N–H and O–H groups in total. The average molecular weight is 344 g/mol. The third-order valence-corrected chi connectivity index (χ3v) is 3.72. The van der Waals surface area contributed by atoms with Gasteiger partial charge in [-0.2, -0.15) is 0 Å². The third kappa shape index (κ3) is 4.05. The Labute approximate surface area is 147 Å². The molecule has 2 aromatic rings. The van der Waals surface area contributed by atoms with Crippen LogP contribution in [0.25, 0.3) is 11.0 Å². The fourth-order valence-electron chi connectivity index (χ4n) is 2.09. The van der Waals surface area contributed by atoms with Crippen LogP contribution in [0.5, 0.6) is 17.2 Å². The fraction of sp³-hybridized carbons (Fsp3) is 0.350. The summed E-state index contributed by atoms with van der Waals surface area (Å²) in [5, 5.41) is 0.662. The molecule has 0 aliphatic rings. The Hall–Kier alpha value is -2.69. The van der Waals surface area contributed by atoms with Gasteiger partial charge in [0.05, 0.1) is 7.11 Å². The minimum absolute atomic E-state index is 0.284. The van der Waals surface area contributed by atoms with Crippen molar-refractivity contribution in [2.75, 3.05) is 7.11 Å². The number of ether oxygens (including phenoxy) is 3. The van der Waals surface area contributed by atoms with E-state index in [4.69, 9.17) is 18.6 Å². The molecule has 1 aromatic heterocycles. The van der Waals surface area contributed by atoms with Gasteiger partial charge in [0.1, 0.15) is 11.2 Å². The van der Waals surface area contributed by atoms with E-state index in [1.54, 1.807) is 24.3 Å². The summed E-state index contributed by atoms with van der Waals surface area (Å²) in [5.74, 6) is 1.09. The molecule has 0 spiro atoms. The van der Waals surface area contributed by atoms with Crippen molar-refractivity contribution in [3.63, 3.8) is 0 Å². The lowest BCUT2D eigenvalue weighted by Gasteiger charge is -2.29. The van der Waals surface area contributed by atoms with Gasteiger partial charge in [0.2, 0.25) is 11.5 Å². The summed E-state index contributed by atoms with van der Waals surface area (Å²) in [6.45, 7) is 15.0. The maximum atomic E-state index is 11.7. The molecule has 25 heavy (non-hydrogen) atoms. The van der Waals surface area contributed by atoms with E-state index in [0.717, 1.165) is 0 Å². The highest BCUT2D eigenvalue weighted by Gasteiger charge is 2.28. The first-order valence-electron chi connectivity index (χ1n) is 7.92. The summed E-state index contributed by atoms with van der Waals surface area (Å²) in [4.78, 5) is 11.7. The summed E-state index contributed by atoms with van der Waals surface area (Å²) in [5.41, 5.74) is -1.60. The van der Waals surface area contributed by atoms with Crippen LogP contribution in [-0.2, 0) is 0 Å². The molecule has 134 valence electrons. The third-order valence-electron chi connectivity index (χ3n) is 3.72. The minimum atomic E-state index is -0.718. The quantitative estimate of drug-likeness (QED) is 0.547. The summed E-state index contributed by atoms with van der Waals surface area (Å²) in [6, 6.07) is 4.73. The van der Waals surface area contributed by atoms with Gasteiger partial charge in [0.25, 0.3) is 0 Å². The minimum Gasteiger partial charge on any atom is -0.493 e. The highest BCUT2D eigenvalue weighted by atomic mass is 16.6. The Balaban J connectivity index is 2.83. The van der Waals surface area contributed by atoms with E-state index in [9.17, 15) is 4.79 Å². The first kappa shape index (κ1) is 18.6. The predicted molar refractivity (Wildman–Crippen MR) is 98.8 cm³/mol. The van der Waals surface area contributed by atoms with E-state index >= 15 is 0 Å². The zero-order chi connectivity index (χ0) is 18.8. The van der Waals surface area contributed by atoms with Crippen molar-refractivity contribution in [1.82, 2.24) is 0 Å². The van der Waals surface area contributed by atoms with Gasteiger partial charge in [0, 0.05) is 11.5 Å². The Morgan fingerprint density at radius 2 is 1.56 bits per heavy atom. The van der Waals surface area contributed by atoms with Gasteiger partial charge in [-0.25, -0.2) is 4.79 Å². The lowest BCUT2D eigenvalue weighted by atomic mass is 10.1. The molecule has 2 rings (SSSR count). The first-order valence-corrected chi connectivity index (χ1v) is 7.92. The van der Waals surface area contributed by atoms with Gasteiger partial charge < -0.3 is 18.6 Å². The second-order valence-corrected chi connectivity index (χ2v) is 6.73. The molecular formula is C20H24O5. The van der Waals surface area contributed by atoms with E-state index in [1.807, 2.05) is 27.7 Å². The molecule has 1 heterocycles. The zero-order valence-corrected chi connectivity index (χ0v) is 15.3. The number of hydrogen-bond acceptors (Lipinski definition) is 5. The summed E-state index contributed by atoms with van der Waals surface area (Å²) in [6.07, 6.45) is 3.32. The van der Waals surface area contributed by atoms with Crippen molar-refractivity contribution in [3.05, 3.63) is 53.9 Å². The van der Waals surface area contributed by atoms with Crippen molar-refractivity contribution in [3.8, 4) is 17.2 Å². The van der Waals surface area contributed by atoms with Crippen LogP contribution in [0.15, 0.2) is 52.7 Å². The van der Waals surface area contributed by atoms with Crippen molar-refractivity contribution in [2.45, 2.75) is 38.9 Å². The molecule has 0 unspecified atom stereocenters. The molecule has 5 heteroatoms. The van der Waals surface area contributed by atoms with Crippen molar-refractivity contribution < 1.29 is 18.6 Å². The van der Waals surface area contributed by atoms with E-state index in [2.05, 4.69) is 13.2 Å². The summed E-state index contributed by atoms with van der Waals surface area (Å²) >= 11 is 0. The Morgan fingerprint density at radius 1 is 1.00 bits per heavy atom. The Kier molecular flexibility index (Phi) is 4.97. The number of fused-ring (bicyclic) bond motifs is 1. The second kappa shape index (κ2) is 6.67. The average Bonchev–Trinajstić information content (AvgIpc) is 2.56. The Morgan fingerprint density at radius 3 is 2.08 bits per heavy atom. The first-order chi connectivity index (χ1) is 11.6. The van der Waals surface area contributed by atoms with Gasteiger partial charge in [-0.05, 0) is 52.0 Å². The van der Waals surface area contributed by atoms with Crippen molar-refractivity contribution in [2.24, 2.45) is 0 Å². The molecule has 0 amide bonds. The smallest absolute Gasteiger partial charge is 0.336 e. The molecule has 0 radical (unpaired) electrons. The van der Waals surface area contributed by atoms with Crippen LogP contribution in [0.1, 0.15) is 27.7 Å². The van der Waals surface area contributed by atoms with Crippen LogP contribution in [0.4, 0.5) is 0 Å². The molecule has 5 nitrogen and oxygen atoms in total. The van der Waals surface area contributed by atoms with Gasteiger partial charge in [-0.15, -0.1) is 0 Å². The second-order valence-electron chi connectivity index (χ2n) is 6.73.